The third kappa shape index (κ3) is 6.85. The van der Waals surface area contributed by atoms with Gasteiger partial charge in [0.25, 0.3) is 0 Å². The first kappa shape index (κ1) is 42.1. The molecule has 0 radical (unpaired) electrons. The van der Waals surface area contributed by atoms with E-state index in [1.54, 1.807) is 18.6 Å². The predicted molar refractivity (Wildman–Crippen MR) is 230 cm³/mol. The van der Waals surface area contributed by atoms with Gasteiger partial charge in [-0.15, -0.1) is 0 Å². The van der Waals surface area contributed by atoms with Crippen LogP contribution < -0.4 is 10.1 Å². The molecule has 1 aromatic heterocycles. The topological polar surface area (TPSA) is 122 Å². The number of aliphatic carboxylic acids is 1. The Labute approximate surface area is 349 Å². The number of fused-ring (bicyclic) bond motifs is 7. The van der Waals surface area contributed by atoms with Crippen molar-refractivity contribution < 1.29 is 23.1 Å². The van der Waals surface area contributed by atoms with Crippen molar-refractivity contribution in [2.75, 3.05) is 44.3 Å². The molecule has 1 saturated heterocycles. The SMILES string of the molecule is C=C(C)[C@@H]1CC[C@]2(NCCN3CCS(=O)(=O)CC3)CC[C@]3(C)[C@H](CC[C@@H]4[C@@]5(C)CC=C(C6=CC[C@@](CCOc7cnccn7)(C(=O)O)CC6)C(C)(C)[C@@H]5CC[C@]43C)[C@@H]12. The molecule has 8 rings (SSSR count). The number of carboxylic acids is 1. The van der Waals surface area contributed by atoms with Crippen molar-refractivity contribution in [2.45, 2.75) is 131 Å². The molecule has 0 unspecified atom stereocenters. The first-order chi connectivity index (χ1) is 27.4. The molecule has 58 heavy (non-hydrogen) atoms. The minimum atomic E-state index is -2.87. The van der Waals surface area contributed by atoms with Crippen LogP contribution in [0.25, 0.3) is 0 Å². The highest BCUT2D eigenvalue weighted by Gasteiger charge is 2.70. The molecule has 10 atom stereocenters. The van der Waals surface area contributed by atoms with Crippen LogP contribution in [0.5, 0.6) is 5.88 Å². The minimum Gasteiger partial charge on any atom is -0.481 e. The van der Waals surface area contributed by atoms with E-state index in [4.69, 9.17) is 4.74 Å². The number of nitrogens with one attached hydrogen (secondary N) is 1. The van der Waals surface area contributed by atoms with Crippen LogP contribution in [0.4, 0.5) is 0 Å². The van der Waals surface area contributed by atoms with E-state index in [1.807, 2.05) is 0 Å². The van der Waals surface area contributed by atoms with Gasteiger partial charge in [-0.3, -0.25) is 9.78 Å². The van der Waals surface area contributed by atoms with Gasteiger partial charge in [0.1, 0.15) is 0 Å². The number of sulfone groups is 1. The van der Waals surface area contributed by atoms with Gasteiger partial charge in [-0.2, -0.15) is 0 Å². The lowest BCUT2D eigenvalue weighted by Gasteiger charge is -2.72. The summed E-state index contributed by atoms with van der Waals surface area (Å²) >= 11 is 0. The Kier molecular flexibility index (Phi) is 11.0. The van der Waals surface area contributed by atoms with Crippen molar-refractivity contribution in [2.24, 2.45) is 56.7 Å². The summed E-state index contributed by atoms with van der Waals surface area (Å²) in [4.78, 5) is 23.4. The van der Waals surface area contributed by atoms with E-state index in [0.29, 0.717) is 85.9 Å². The second-order valence-electron chi connectivity index (χ2n) is 21.5. The first-order valence-corrected chi connectivity index (χ1v) is 24.6. The van der Waals surface area contributed by atoms with E-state index in [1.165, 1.54) is 68.1 Å². The summed E-state index contributed by atoms with van der Waals surface area (Å²) in [6.45, 7) is 23.5. The lowest BCUT2D eigenvalue weighted by molar-refractivity contribution is -0.221. The third-order valence-electron chi connectivity index (χ3n) is 18.8. The first-order valence-electron chi connectivity index (χ1n) is 22.8. The summed E-state index contributed by atoms with van der Waals surface area (Å²) in [6, 6.07) is 0. The van der Waals surface area contributed by atoms with Crippen LogP contribution in [-0.4, -0.2) is 84.2 Å². The maximum atomic E-state index is 12.7. The number of ether oxygens (including phenoxy) is 1. The monoisotopic (exact) mass is 817 g/mol. The van der Waals surface area contributed by atoms with E-state index in [0.717, 1.165) is 25.9 Å². The summed E-state index contributed by atoms with van der Waals surface area (Å²) in [5.41, 5.74) is 4.27. The summed E-state index contributed by atoms with van der Waals surface area (Å²) in [5, 5.41) is 14.7. The number of allylic oxidation sites excluding steroid dienone is 5. The van der Waals surface area contributed by atoms with E-state index in [-0.39, 0.29) is 27.2 Å². The highest BCUT2D eigenvalue weighted by molar-refractivity contribution is 7.91. The fraction of sp³-hybridized carbons (Fsp3) is 0.771. The van der Waals surface area contributed by atoms with Crippen molar-refractivity contribution in [3.8, 4) is 5.88 Å². The van der Waals surface area contributed by atoms with Gasteiger partial charge >= 0.3 is 5.97 Å². The third-order valence-corrected chi connectivity index (χ3v) is 20.4. The highest BCUT2D eigenvalue weighted by Crippen LogP contribution is 2.76. The molecule has 320 valence electrons. The quantitative estimate of drug-likeness (QED) is 0.211. The molecule has 4 saturated carbocycles. The van der Waals surface area contributed by atoms with Gasteiger partial charge in [0, 0.05) is 44.1 Å². The Morgan fingerprint density at radius 2 is 1.72 bits per heavy atom. The molecular weight excluding hydrogens is 745 g/mol. The Morgan fingerprint density at radius 1 is 0.948 bits per heavy atom. The zero-order chi connectivity index (χ0) is 41.4. The maximum absolute atomic E-state index is 12.7. The van der Waals surface area contributed by atoms with Crippen molar-refractivity contribution >= 4 is 15.8 Å². The van der Waals surface area contributed by atoms with Gasteiger partial charge < -0.3 is 20.1 Å². The molecule has 0 bridgehead atoms. The molecule has 7 aliphatic rings. The fourth-order valence-electron chi connectivity index (χ4n) is 15.4. The second kappa shape index (κ2) is 15.1. The van der Waals surface area contributed by atoms with Crippen LogP contribution in [0.15, 0.2) is 54.0 Å². The number of hydrogen-bond donors (Lipinski definition) is 2. The standard InChI is InChI=1S/C48H72N4O5S/c1-33(2)35-12-19-48(51-25-26-52-27-30-58(55,56)31-28-52)21-20-45(6)37(41(35)48)8-9-39-44(5)15-13-36(43(3,4)38(44)14-16-46(39,45)7)34-10-17-47(18-11-34,42(53)54)22-29-57-40-32-49-23-24-50-40/h10,13,23-24,32,35,37-39,41,51H,1,8-9,11-12,14-22,25-31H2,2-7H3,(H,53,54)/t35-,37+,38-,39+,41+,44-,45+,46+,47+,48-/m0/s1. The molecule has 2 N–H and O–H groups in total. The Balaban J connectivity index is 0.995. The van der Waals surface area contributed by atoms with Crippen LogP contribution in [-0.2, 0) is 14.6 Å². The van der Waals surface area contributed by atoms with Gasteiger partial charge in [0.05, 0.1) is 29.7 Å². The van der Waals surface area contributed by atoms with Crippen LogP contribution in [0, 0.1) is 56.7 Å². The van der Waals surface area contributed by atoms with E-state index in [9.17, 15) is 18.3 Å². The zero-order valence-electron chi connectivity index (χ0n) is 36.5. The lowest BCUT2D eigenvalue weighted by atomic mass is 9.33. The molecule has 9 nitrogen and oxygen atoms in total. The molecule has 1 aromatic rings. The van der Waals surface area contributed by atoms with Crippen molar-refractivity contribution in [1.29, 1.82) is 0 Å². The van der Waals surface area contributed by atoms with E-state index < -0.39 is 21.2 Å². The Bertz CT molecular complexity index is 1920. The summed E-state index contributed by atoms with van der Waals surface area (Å²) in [7, 11) is -2.87. The number of hydrogen-bond acceptors (Lipinski definition) is 8. The number of rotatable bonds is 11. The smallest absolute Gasteiger partial charge is 0.310 e. The van der Waals surface area contributed by atoms with Crippen LogP contribution in [0.2, 0.25) is 0 Å². The summed E-state index contributed by atoms with van der Waals surface area (Å²) in [5.74, 6) is 3.34. The average Bonchev–Trinajstić information content (AvgIpc) is 3.56. The maximum Gasteiger partial charge on any atom is 0.310 e. The second-order valence-corrected chi connectivity index (χ2v) is 23.8. The molecule has 0 spiro atoms. The number of carboxylic acid groups (broad SMARTS) is 1. The number of nitrogens with zero attached hydrogens (tertiary/aromatic N) is 3. The van der Waals surface area contributed by atoms with Crippen molar-refractivity contribution in [3.63, 3.8) is 0 Å². The summed E-state index contributed by atoms with van der Waals surface area (Å²) < 4.78 is 30.0. The molecule has 0 amide bonds. The Morgan fingerprint density at radius 3 is 2.40 bits per heavy atom. The molecule has 2 heterocycles. The van der Waals surface area contributed by atoms with Gasteiger partial charge in [-0.05, 0) is 153 Å². The van der Waals surface area contributed by atoms with Crippen LogP contribution in [0.1, 0.15) is 125 Å². The molecule has 6 aliphatic carbocycles. The molecule has 1 aliphatic heterocycles. The highest BCUT2D eigenvalue weighted by atomic mass is 32.2. The molecule has 10 heteroatoms. The van der Waals surface area contributed by atoms with Crippen molar-refractivity contribution in [3.05, 3.63) is 54.0 Å². The van der Waals surface area contributed by atoms with Crippen LogP contribution >= 0.6 is 0 Å². The van der Waals surface area contributed by atoms with Gasteiger partial charge in [0.15, 0.2) is 9.84 Å². The van der Waals surface area contributed by atoms with Gasteiger partial charge in [-0.1, -0.05) is 58.9 Å². The largest absolute Gasteiger partial charge is 0.481 e. The average molecular weight is 817 g/mol. The van der Waals surface area contributed by atoms with E-state index in [2.05, 4.69) is 80.5 Å². The predicted octanol–water partition coefficient (Wildman–Crippen LogP) is 8.69. The van der Waals surface area contributed by atoms with Crippen molar-refractivity contribution in [1.82, 2.24) is 20.2 Å². The molecule has 5 fully saturated rings. The normalized spacial score (nSPS) is 41.8. The fourth-order valence-corrected chi connectivity index (χ4v) is 16.7. The zero-order valence-corrected chi connectivity index (χ0v) is 37.3. The summed E-state index contributed by atoms with van der Waals surface area (Å²) in [6.07, 6.45) is 23.2. The van der Waals surface area contributed by atoms with E-state index >= 15 is 0 Å². The minimum absolute atomic E-state index is 0.0108. The number of aromatic nitrogens is 2. The van der Waals surface area contributed by atoms with Gasteiger partial charge in [-0.25, -0.2) is 13.4 Å². The Hall–Kier alpha value is -2.56. The molecule has 0 aromatic carbocycles. The lowest BCUT2D eigenvalue weighted by Crippen LogP contribution is -2.68. The number of carbonyl (C=O) groups is 1. The van der Waals surface area contributed by atoms with Gasteiger partial charge in [0.2, 0.25) is 5.88 Å². The van der Waals surface area contributed by atoms with Crippen LogP contribution in [0.3, 0.4) is 0 Å². The molecular formula is C48H72N4O5S.